The first kappa shape index (κ1) is 20.9. The van der Waals surface area contributed by atoms with E-state index in [4.69, 9.17) is 11.6 Å². The van der Waals surface area contributed by atoms with Gasteiger partial charge in [-0.3, -0.25) is 9.52 Å². The summed E-state index contributed by atoms with van der Waals surface area (Å²) in [6.45, 7) is 5.88. The van der Waals surface area contributed by atoms with Gasteiger partial charge in [-0.15, -0.1) is 0 Å². The van der Waals surface area contributed by atoms with Gasteiger partial charge in [0.2, 0.25) is 0 Å². The minimum atomic E-state index is -3.89. The molecule has 2 aromatic rings. The number of anilines is 1. The average molecular weight is 408 g/mol. The number of nitrogens with one attached hydrogen (secondary N) is 2. The molecule has 0 radical (unpaired) electrons. The number of hydrogen-bond donors (Lipinski definition) is 2. The molecule has 0 spiro atoms. The Kier molecular flexibility index (Phi) is 6.98. The summed E-state index contributed by atoms with van der Waals surface area (Å²) in [7, 11) is -3.89. The van der Waals surface area contributed by atoms with Crippen molar-refractivity contribution in [3.63, 3.8) is 0 Å². The fraction of sp³-hybridized carbons (Fsp3) is 0.263. The highest BCUT2D eigenvalue weighted by Crippen LogP contribution is 2.24. The lowest BCUT2D eigenvalue weighted by molar-refractivity contribution is 0.0954. The van der Waals surface area contributed by atoms with Crippen LogP contribution in [0.15, 0.2) is 58.5 Å². The van der Waals surface area contributed by atoms with E-state index in [1.807, 2.05) is 20.8 Å². The van der Waals surface area contributed by atoms with Gasteiger partial charge in [0.1, 0.15) is 0 Å². The molecule has 0 aromatic heterocycles. The van der Waals surface area contributed by atoms with Gasteiger partial charge in [0, 0.05) is 11.3 Å². The van der Waals surface area contributed by atoms with Crippen LogP contribution in [0.4, 0.5) is 5.69 Å². The van der Waals surface area contributed by atoms with Gasteiger partial charge in [-0.1, -0.05) is 43.6 Å². The lowest BCUT2D eigenvalue weighted by atomic mass is 10.1. The summed E-state index contributed by atoms with van der Waals surface area (Å²) in [4.78, 5) is 12.3. The highest BCUT2D eigenvalue weighted by Gasteiger charge is 2.17. The third-order valence-corrected chi connectivity index (χ3v) is 5.88. The molecule has 0 aliphatic rings. The Bertz CT molecular complexity index is 958. The first-order chi connectivity index (χ1) is 12.7. The number of para-hydroxylation sites is 1. The molecule has 1 amide bonds. The first-order valence-corrected chi connectivity index (χ1v) is 10.3. The first-order valence-electron chi connectivity index (χ1n) is 8.46. The molecule has 144 valence electrons. The molecule has 0 aliphatic heterocycles. The van der Waals surface area contributed by atoms with E-state index in [9.17, 15) is 13.2 Å². The lowest BCUT2D eigenvalue weighted by Crippen LogP contribution is -2.21. The van der Waals surface area contributed by atoms with E-state index in [2.05, 4.69) is 15.2 Å². The highest BCUT2D eigenvalue weighted by atomic mass is 35.5. The van der Waals surface area contributed by atoms with Crippen molar-refractivity contribution in [3.05, 3.63) is 59.1 Å². The van der Waals surface area contributed by atoms with Gasteiger partial charge in [-0.05, 0) is 49.6 Å². The average Bonchev–Trinajstić information content (AvgIpc) is 2.66. The van der Waals surface area contributed by atoms with Crippen molar-refractivity contribution in [2.24, 2.45) is 11.0 Å². The molecule has 0 heterocycles. The fourth-order valence-corrected chi connectivity index (χ4v) is 3.53. The van der Waals surface area contributed by atoms with E-state index in [1.54, 1.807) is 24.3 Å². The summed E-state index contributed by atoms with van der Waals surface area (Å²) in [5, 5.41) is 4.36. The quantitative estimate of drug-likeness (QED) is 0.530. The maximum atomic E-state index is 12.6. The predicted molar refractivity (Wildman–Crippen MR) is 109 cm³/mol. The molecule has 1 atom stereocenters. The zero-order valence-electron chi connectivity index (χ0n) is 15.4. The number of halogens is 1. The number of hydrazone groups is 1. The van der Waals surface area contributed by atoms with Crippen molar-refractivity contribution in [3.8, 4) is 0 Å². The SMILES string of the molecule is CC[C@H](C)/C(C)=N\NC(=O)c1cccc(S(=O)(=O)Nc2ccccc2Cl)c1. The van der Waals surface area contributed by atoms with Gasteiger partial charge in [-0.2, -0.15) is 5.10 Å². The predicted octanol–water partition coefficient (Wildman–Crippen LogP) is 4.29. The molecule has 2 N–H and O–H groups in total. The Balaban J connectivity index is 2.21. The Morgan fingerprint density at radius 1 is 1.19 bits per heavy atom. The summed E-state index contributed by atoms with van der Waals surface area (Å²) in [6, 6.07) is 12.2. The molecule has 0 saturated carbocycles. The van der Waals surface area contributed by atoms with E-state index in [0.29, 0.717) is 0 Å². The molecule has 2 rings (SSSR count). The number of nitrogens with zero attached hydrogens (tertiary/aromatic N) is 1. The van der Waals surface area contributed by atoms with Crippen LogP contribution >= 0.6 is 11.6 Å². The van der Waals surface area contributed by atoms with Crippen LogP contribution in [0.2, 0.25) is 5.02 Å². The standard InChI is InChI=1S/C19H22ClN3O3S/c1-4-13(2)14(3)21-22-19(24)15-8-7-9-16(12-15)27(25,26)23-18-11-6-5-10-17(18)20/h5-13,23H,4H2,1-3H3,(H,22,24)/b21-14-/t13-/m0/s1. The van der Waals surface area contributed by atoms with Gasteiger partial charge in [-0.25, -0.2) is 13.8 Å². The van der Waals surface area contributed by atoms with E-state index in [1.165, 1.54) is 24.3 Å². The van der Waals surface area contributed by atoms with Gasteiger partial charge in [0.15, 0.2) is 0 Å². The zero-order chi connectivity index (χ0) is 20.0. The van der Waals surface area contributed by atoms with Crippen molar-refractivity contribution in [2.45, 2.75) is 32.1 Å². The normalized spacial score (nSPS) is 13.1. The molecule has 0 saturated heterocycles. The second-order valence-electron chi connectivity index (χ2n) is 6.12. The maximum Gasteiger partial charge on any atom is 0.271 e. The van der Waals surface area contributed by atoms with Crippen LogP contribution in [0.1, 0.15) is 37.6 Å². The van der Waals surface area contributed by atoms with E-state index in [-0.39, 0.29) is 27.1 Å². The van der Waals surface area contributed by atoms with Crippen molar-refractivity contribution in [1.82, 2.24) is 5.43 Å². The van der Waals surface area contributed by atoms with E-state index >= 15 is 0 Å². The largest absolute Gasteiger partial charge is 0.278 e. The zero-order valence-corrected chi connectivity index (χ0v) is 16.9. The lowest BCUT2D eigenvalue weighted by Gasteiger charge is -2.11. The Morgan fingerprint density at radius 2 is 1.89 bits per heavy atom. The second kappa shape index (κ2) is 9.01. The molecule has 8 heteroatoms. The second-order valence-corrected chi connectivity index (χ2v) is 8.21. The highest BCUT2D eigenvalue weighted by molar-refractivity contribution is 7.92. The van der Waals surface area contributed by atoms with Crippen molar-refractivity contribution >= 4 is 38.9 Å². The number of rotatable bonds is 7. The van der Waals surface area contributed by atoms with Crippen LogP contribution in [0.3, 0.4) is 0 Å². The van der Waals surface area contributed by atoms with Crippen LogP contribution in [0, 0.1) is 5.92 Å². The van der Waals surface area contributed by atoms with Crippen molar-refractivity contribution in [2.75, 3.05) is 4.72 Å². The van der Waals surface area contributed by atoms with Crippen LogP contribution < -0.4 is 10.1 Å². The monoisotopic (exact) mass is 407 g/mol. The Labute approximate surface area is 164 Å². The van der Waals surface area contributed by atoms with Crippen LogP contribution in [0.5, 0.6) is 0 Å². The van der Waals surface area contributed by atoms with Crippen LogP contribution in [0.25, 0.3) is 0 Å². The Morgan fingerprint density at radius 3 is 2.56 bits per heavy atom. The number of carbonyl (C=O) groups is 1. The molecule has 0 bridgehead atoms. The molecule has 0 aliphatic carbocycles. The van der Waals surface area contributed by atoms with Gasteiger partial charge >= 0.3 is 0 Å². The molecule has 0 unspecified atom stereocenters. The van der Waals surface area contributed by atoms with Crippen LogP contribution in [-0.4, -0.2) is 20.0 Å². The Hall–Kier alpha value is -2.38. The number of carbonyl (C=O) groups excluding carboxylic acids is 1. The summed E-state index contributed by atoms with van der Waals surface area (Å²) in [5.41, 5.74) is 3.72. The van der Waals surface area contributed by atoms with Crippen molar-refractivity contribution in [1.29, 1.82) is 0 Å². The number of amides is 1. The minimum Gasteiger partial charge on any atom is -0.278 e. The molecule has 0 fully saturated rings. The van der Waals surface area contributed by atoms with Crippen LogP contribution in [-0.2, 0) is 10.0 Å². The summed E-state index contributed by atoms with van der Waals surface area (Å²) < 4.78 is 27.6. The molecule has 6 nitrogen and oxygen atoms in total. The van der Waals surface area contributed by atoms with E-state index in [0.717, 1.165) is 12.1 Å². The number of sulfonamides is 1. The third-order valence-electron chi connectivity index (χ3n) is 4.18. The smallest absolute Gasteiger partial charge is 0.271 e. The number of hydrogen-bond acceptors (Lipinski definition) is 4. The summed E-state index contributed by atoms with van der Waals surface area (Å²) >= 11 is 6.00. The molecule has 2 aromatic carbocycles. The summed E-state index contributed by atoms with van der Waals surface area (Å²) in [5.74, 6) is -0.232. The van der Waals surface area contributed by atoms with Gasteiger partial charge in [0.25, 0.3) is 15.9 Å². The van der Waals surface area contributed by atoms with Gasteiger partial charge < -0.3 is 0 Å². The fourth-order valence-electron chi connectivity index (χ4n) is 2.16. The summed E-state index contributed by atoms with van der Waals surface area (Å²) in [6.07, 6.45) is 0.909. The molecule has 27 heavy (non-hydrogen) atoms. The molecular weight excluding hydrogens is 386 g/mol. The van der Waals surface area contributed by atoms with E-state index < -0.39 is 15.9 Å². The maximum absolute atomic E-state index is 12.6. The molecular formula is C19H22ClN3O3S. The topological polar surface area (TPSA) is 87.6 Å². The minimum absolute atomic E-state index is 0.0438. The third kappa shape index (κ3) is 5.55. The van der Waals surface area contributed by atoms with Crippen molar-refractivity contribution < 1.29 is 13.2 Å². The van der Waals surface area contributed by atoms with Gasteiger partial charge in [0.05, 0.1) is 15.6 Å². The number of benzene rings is 2.